The van der Waals surface area contributed by atoms with Crippen LogP contribution >= 0.6 is 0 Å². The van der Waals surface area contributed by atoms with Gasteiger partial charge in [-0.1, -0.05) is 37.3 Å². The molecule has 1 N–H and O–H groups in total. The molecule has 0 bridgehead atoms. The number of carbonyl (C=O) groups is 1. The molecule has 0 aliphatic rings. The molecular formula is C22H18F2O3. The van der Waals surface area contributed by atoms with Crippen molar-refractivity contribution in [1.82, 2.24) is 0 Å². The number of aromatic carboxylic acids is 1. The van der Waals surface area contributed by atoms with Crippen molar-refractivity contribution >= 4 is 5.97 Å². The number of ether oxygens (including phenoxy) is 1. The van der Waals surface area contributed by atoms with Gasteiger partial charge < -0.3 is 9.84 Å². The first-order valence-electron chi connectivity index (χ1n) is 8.56. The average Bonchev–Trinajstić information content (AvgIpc) is 2.67. The Labute approximate surface area is 155 Å². The largest absolute Gasteiger partial charge is 0.494 e. The van der Waals surface area contributed by atoms with Crippen molar-refractivity contribution < 1.29 is 23.4 Å². The third kappa shape index (κ3) is 3.97. The maximum atomic E-state index is 15.1. The summed E-state index contributed by atoms with van der Waals surface area (Å²) in [6.07, 6.45) is 0.867. The highest BCUT2D eigenvalue weighted by atomic mass is 19.1. The molecule has 0 saturated heterocycles. The van der Waals surface area contributed by atoms with Crippen LogP contribution in [0.15, 0.2) is 60.7 Å². The van der Waals surface area contributed by atoms with Gasteiger partial charge in [0.25, 0.3) is 0 Å². The molecule has 3 nitrogen and oxygen atoms in total. The summed E-state index contributed by atoms with van der Waals surface area (Å²) in [6.45, 7) is 2.57. The maximum Gasteiger partial charge on any atom is 0.338 e. The molecule has 0 atom stereocenters. The normalized spacial score (nSPS) is 10.6. The molecule has 0 saturated carbocycles. The predicted molar refractivity (Wildman–Crippen MR) is 100.0 cm³/mol. The van der Waals surface area contributed by atoms with E-state index in [1.165, 1.54) is 36.4 Å². The molecule has 0 radical (unpaired) electrons. The second kappa shape index (κ2) is 7.99. The number of rotatable bonds is 6. The molecule has 0 fully saturated rings. The van der Waals surface area contributed by atoms with E-state index in [1.807, 2.05) is 6.92 Å². The minimum atomic E-state index is -1.35. The Hall–Kier alpha value is -3.21. The highest BCUT2D eigenvalue weighted by Gasteiger charge is 2.20. The van der Waals surface area contributed by atoms with Crippen LogP contribution in [0.1, 0.15) is 23.7 Å². The number of carboxylic acids is 1. The molecule has 0 amide bonds. The Morgan fingerprint density at radius 1 is 0.926 bits per heavy atom. The zero-order valence-electron chi connectivity index (χ0n) is 14.7. The van der Waals surface area contributed by atoms with Gasteiger partial charge in [0.05, 0.1) is 12.2 Å². The van der Waals surface area contributed by atoms with Gasteiger partial charge in [-0.15, -0.1) is 0 Å². The monoisotopic (exact) mass is 368 g/mol. The van der Waals surface area contributed by atoms with E-state index in [1.54, 1.807) is 24.3 Å². The fourth-order valence-corrected chi connectivity index (χ4v) is 2.83. The Balaban J connectivity index is 2.14. The first-order valence-corrected chi connectivity index (χ1v) is 8.56. The highest BCUT2D eigenvalue weighted by molar-refractivity contribution is 5.94. The molecule has 0 heterocycles. The lowest BCUT2D eigenvalue weighted by molar-refractivity contribution is 0.0692. The van der Waals surface area contributed by atoms with Crippen molar-refractivity contribution in [3.63, 3.8) is 0 Å². The van der Waals surface area contributed by atoms with Crippen molar-refractivity contribution in [2.45, 2.75) is 13.3 Å². The first kappa shape index (κ1) is 18.6. The molecule has 0 spiro atoms. The topological polar surface area (TPSA) is 46.5 Å². The lowest BCUT2D eigenvalue weighted by Crippen LogP contribution is -2.03. The number of carboxylic acid groups (broad SMARTS) is 1. The third-order valence-corrected chi connectivity index (χ3v) is 4.14. The minimum Gasteiger partial charge on any atom is -0.494 e. The van der Waals surface area contributed by atoms with Gasteiger partial charge in [-0.25, -0.2) is 13.6 Å². The molecule has 138 valence electrons. The molecule has 5 heteroatoms. The summed E-state index contributed by atoms with van der Waals surface area (Å²) in [5.41, 5.74) is 1.33. The summed E-state index contributed by atoms with van der Waals surface area (Å²) in [6, 6.07) is 15.2. The lowest BCUT2D eigenvalue weighted by Gasteiger charge is -2.14. The Morgan fingerprint density at radius 2 is 1.56 bits per heavy atom. The van der Waals surface area contributed by atoms with Crippen LogP contribution in [0.2, 0.25) is 0 Å². The number of hydrogen-bond donors (Lipinski definition) is 1. The van der Waals surface area contributed by atoms with Gasteiger partial charge >= 0.3 is 5.97 Å². The van der Waals surface area contributed by atoms with E-state index in [0.717, 1.165) is 6.42 Å². The van der Waals surface area contributed by atoms with Crippen molar-refractivity contribution in [1.29, 1.82) is 0 Å². The molecule has 3 aromatic rings. The van der Waals surface area contributed by atoms with E-state index in [4.69, 9.17) is 4.74 Å². The van der Waals surface area contributed by atoms with Crippen LogP contribution in [-0.2, 0) is 0 Å². The lowest BCUT2D eigenvalue weighted by atomic mass is 9.92. The maximum absolute atomic E-state index is 15.1. The van der Waals surface area contributed by atoms with Crippen LogP contribution < -0.4 is 4.74 Å². The van der Waals surface area contributed by atoms with Gasteiger partial charge in [0.1, 0.15) is 17.4 Å². The molecule has 3 aromatic carbocycles. The fraction of sp³-hybridized carbons (Fsp3) is 0.136. The van der Waals surface area contributed by atoms with E-state index < -0.39 is 23.2 Å². The average molecular weight is 368 g/mol. The van der Waals surface area contributed by atoms with Crippen molar-refractivity contribution in [2.75, 3.05) is 6.61 Å². The number of hydrogen-bond acceptors (Lipinski definition) is 2. The summed E-state index contributed by atoms with van der Waals surface area (Å²) in [4.78, 5) is 11.4. The Bertz CT molecular complexity index is 949. The van der Waals surface area contributed by atoms with Gasteiger partial charge in [-0.2, -0.15) is 0 Å². The fourth-order valence-electron chi connectivity index (χ4n) is 2.83. The summed E-state index contributed by atoms with van der Waals surface area (Å²) < 4.78 is 33.8. The van der Waals surface area contributed by atoms with Crippen molar-refractivity contribution in [2.24, 2.45) is 0 Å². The highest BCUT2D eigenvalue weighted by Crippen LogP contribution is 2.36. The molecule has 0 aromatic heterocycles. The van der Waals surface area contributed by atoms with Gasteiger partial charge in [0.2, 0.25) is 0 Å². The molecule has 0 aliphatic heterocycles. The SMILES string of the molecule is CCCOc1ccc(-c2c(-c3ccc(F)cc3)ccc(C(=O)O)c2F)cc1. The second-order valence-electron chi connectivity index (χ2n) is 6.03. The van der Waals surface area contributed by atoms with Crippen LogP contribution in [0.3, 0.4) is 0 Å². The van der Waals surface area contributed by atoms with E-state index in [9.17, 15) is 14.3 Å². The van der Waals surface area contributed by atoms with Crippen molar-refractivity contribution in [3.8, 4) is 28.0 Å². The zero-order valence-corrected chi connectivity index (χ0v) is 14.7. The van der Waals surface area contributed by atoms with Gasteiger partial charge in [0, 0.05) is 5.56 Å². The van der Waals surface area contributed by atoms with E-state index in [2.05, 4.69) is 0 Å². The second-order valence-corrected chi connectivity index (χ2v) is 6.03. The third-order valence-electron chi connectivity index (χ3n) is 4.14. The van der Waals surface area contributed by atoms with Crippen LogP contribution in [-0.4, -0.2) is 17.7 Å². The summed E-state index contributed by atoms with van der Waals surface area (Å²) in [7, 11) is 0. The van der Waals surface area contributed by atoms with Gasteiger partial charge in [0.15, 0.2) is 0 Å². The number of benzene rings is 3. The van der Waals surface area contributed by atoms with Gasteiger partial charge in [-0.3, -0.25) is 0 Å². The molecule has 3 rings (SSSR count). The predicted octanol–water partition coefficient (Wildman–Crippen LogP) is 5.79. The van der Waals surface area contributed by atoms with Crippen molar-refractivity contribution in [3.05, 3.63) is 77.9 Å². The molecular weight excluding hydrogens is 350 g/mol. The van der Waals surface area contributed by atoms with E-state index in [0.29, 0.717) is 29.0 Å². The minimum absolute atomic E-state index is 0.156. The van der Waals surface area contributed by atoms with E-state index >= 15 is 4.39 Å². The summed E-state index contributed by atoms with van der Waals surface area (Å²) in [5.74, 6) is -1.92. The smallest absolute Gasteiger partial charge is 0.338 e. The summed E-state index contributed by atoms with van der Waals surface area (Å²) >= 11 is 0. The first-order chi connectivity index (χ1) is 13.0. The quantitative estimate of drug-likeness (QED) is 0.599. The van der Waals surface area contributed by atoms with Crippen LogP contribution in [0.5, 0.6) is 5.75 Å². The molecule has 0 unspecified atom stereocenters. The molecule has 27 heavy (non-hydrogen) atoms. The zero-order chi connectivity index (χ0) is 19.4. The van der Waals surface area contributed by atoms with Crippen LogP contribution in [0.4, 0.5) is 8.78 Å². The Morgan fingerprint density at radius 3 is 2.15 bits per heavy atom. The van der Waals surface area contributed by atoms with Crippen LogP contribution in [0, 0.1) is 11.6 Å². The Kier molecular flexibility index (Phi) is 5.50. The van der Waals surface area contributed by atoms with Gasteiger partial charge in [-0.05, 0) is 53.4 Å². The summed E-state index contributed by atoms with van der Waals surface area (Å²) in [5, 5.41) is 9.27. The molecule has 0 aliphatic carbocycles. The van der Waals surface area contributed by atoms with Crippen LogP contribution in [0.25, 0.3) is 22.3 Å². The number of halogens is 2. The van der Waals surface area contributed by atoms with E-state index in [-0.39, 0.29) is 5.56 Å². The standard InChI is InChI=1S/C22H18F2O3/c1-2-13-27-17-9-5-15(6-10-17)20-18(14-3-7-16(23)8-4-14)11-12-19(21(20)24)22(25)26/h3-12H,2,13H2,1H3,(H,25,26).